The molecule has 0 saturated carbocycles. The molecule has 1 N–H and O–H groups in total. The number of aromatic nitrogens is 3. The molecule has 2 heterocycles. The Kier molecular flexibility index (Phi) is 5.64. The molecule has 0 fully saturated rings. The highest BCUT2D eigenvalue weighted by molar-refractivity contribution is 9.10. The van der Waals surface area contributed by atoms with Crippen LogP contribution in [-0.2, 0) is 17.8 Å². The number of thiazole rings is 1. The van der Waals surface area contributed by atoms with Crippen LogP contribution in [0.2, 0.25) is 0 Å². The molecule has 2 aromatic carbocycles. The second kappa shape index (κ2) is 8.50. The first-order valence-corrected chi connectivity index (χ1v) is 10.4. The minimum Gasteiger partial charge on any atom is -0.311 e. The first-order valence-electron chi connectivity index (χ1n) is 8.73. The lowest BCUT2D eigenvalue weighted by Gasteiger charge is -2.08. The van der Waals surface area contributed by atoms with Gasteiger partial charge in [-0.15, -0.1) is 11.3 Å². The predicted octanol–water partition coefficient (Wildman–Crippen LogP) is 5.00. The summed E-state index contributed by atoms with van der Waals surface area (Å²) < 4.78 is 2.78. The molecule has 5 nitrogen and oxygen atoms in total. The van der Waals surface area contributed by atoms with E-state index in [1.165, 1.54) is 11.3 Å². The van der Waals surface area contributed by atoms with Crippen molar-refractivity contribution in [1.29, 1.82) is 0 Å². The molecule has 2 aromatic heterocycles. The number of amides is 1. The number of carbonyl (C=O) groups excluding carboxylic acids is 1. The number of hydrogen-bond donors (Lipinski definition) is 1. The minimum atomic E-state index is -0.110. The van der Waals surface area contributed by atoms with E-state index in [0.717, 1.165) is 26.3 Å². The summed E-state index contributed by atoms with van der Waals surface area (Å²) in [4.78, 5) is 17.1. The highest BCUT2D eigenvalue weighted by Gasteiger charge is 2.12. The van der Waals surface area contributed by atoms with Crippen LogP contribution in [0.3, 0.4) is 0 Å². The Morgan fingerprint density at radius 3 is 2.79 bits per heavy atom. The third-order valence-corrected chi connectivity index (χ3v) is 5.56. The van der Waals surface area contributed by atoms with Crippen molar-refractivity contribution in [2.45, 2.75) is 13.0 Å². The first kappa shape index (κ1) is 18.6. The zero-order valence-corrected chi connectivity index (χ0v) is 17.3. The van der Waals surface area contributed by atoms with Gasteiger partial charge in [0.1, 0.15) is 10.8 Å². The van der Waals surface area contributed by atoms with Gasteiger partial charge in [-0.2, -0.15) is 5.10 Å². The minimum absolute atomic E-state index is 0.110. The Hall–Kier alpha value is -2.77. The van der Waals surface area contributed by atoms with E-state index >= 15 is 0 Å². The smallest absolute Gasteiger partial charge is 0.231 e. The van der Waals surface area contributed by atoms with E-state index < -0.39 is 0 Å². The van der Waals surface area contributed by atoms with Gasteiger partial charge in [-0.3, -0.25) is 4.79 Å². The van der Waals surface area contributed by atoms with Crippen molar-refractivity contribution < 1.29 is 4.79 Å². The van der Waals surface area contributed by atoms with E-state index in [4.69, 9.17) is 0 Å². The second-order valence-electron chi connectivity index (χ2n) is 6.24. The van der Waals surface area contributed by atoms with Crippen molar-refractivity contribution >= 4 is 39.0 Å². The molecular formula is C21H17BrN4OS. The first-order chi connectivity index (χ1) is 13.7. The maximum atomic E-state index is 12.5. The Morgan fingerprint density at radius 1 is 1.11 bits per heavy atom. The lowest BCUT2D eigenvalue weighted by Crippen LogP contribution is -2.18. The number of benzene rings is 2. The molecule has 0 bridgehead atoms. The second-order valence-corrected chi connectivity index (χ2v) is 8.01. The number of carbonyl (C=O) groups is 1. The molecule has 4 aromatic rings. The molecule has 0 aliphatic carbocycles. The van der Waals surface area contributed by atoms with Gasteiger partial charge in [0, 0.05) is 21.5 Å². The van der Waals surface area contributed by atoms with Crippen LogP contribution in [0.4, 0.5) is 5.82 Å². The highest BCUT2D eigenvalue weighted by atomic mass is 79.9. The maximum absolute atomic E-state index is 12.5. The quantitative estimate of drug-likeness (QED) is 0.447. The summed E-state index contributed by atoms with van der Waals surface area (Å²) in [5, 5.41) is 10.1. The molecule has 0 radical (unpaired) electrons. The SMILES string of the molecule is O=C(Cc1csc(-c2cccc(Br)c2)n1)Nc1ccnn1Cc1ccccc1. The van der Waals surface area contributed by atoms with Gasteiger partial charge < -0.3 is 5.32 Å². The number of anilines is 1. The number of nitrogens with one attached hydrogen (secondary N) is 1. The molecule has 28 heavy (non-hydrogen) atoms. The van der Waals surface area contributed by atoms with Crippen LogP contribution in [0.5, 0.6) is 0 Å². The Bertz CT molecular complexity index is 1090. The van der Waals surface area contributed by atoms with Gasteiger partial charge in [-0.05, 0) is 17.7 Å². The molecule has 0 spiro atoms. The normalized spacial score (nSPS) is 10.8. The van der Waals surface area contributed by atoms with Crippen LogP contribution in [0.25, 0.3) is 10.6 Å². The van der Waals surface area contributed by atoms with Crippen molar-refractivity contribution in [3.05, 3.63) is 88.0 Å². The fourth-order valence-electron chi connectivity index (χ4n) is 2.82. The Balaban J connectivity index is 1.41. The molecular weight excluding hydrogens is 436 g/mol. The topological polar surface area (TPSA) is 59.8 Å². The van der Waals surface area contributed by atoms with Crippen LogP contribution in [0, 0.1) is 0 Å². The van der Waals surface area contributed by atoms with Crippen molar-refractivity contribution in [2.24, 2.45) is 0 Å². The molecule has 0 aliphatic heterocycles. The Morgan fingerprint density at radius 2 is 1.96 bits per heavy atom. The molecule has 0 atom stereocenters. The van der Waals surface area contributed by atoms with Gasteiger partial charge in [0.25, 0.3) is 0 Å². The van der Waals surface area contributed by atoms with Crippen molar-refractivity contribution in [1.82, 2.24) is 14.8 Å². The van der Waals surface area contributed by atoms with Crippen LogP contribution in [0.15, 0.2) is 76.7 Å². The van der Waals surface area contributed by atoms with Gasteiger partial charge in [0.15, 0.2) is 0 Å². The van der Waals surface area contributed by atoms with Crippen LogP contribution in [-0.4, -0.2) is 20.7 Å². The maximum Gasteiger partial charge on any atom is 0.231 e. The molecule has 1 amide bonds. The largest absolute Gasteiger partial charge is 0.311 e. The standard InChI is InChI=1S/C21H17BrN4OS/c22-17-8-4-7-16(11-17)21-24-18(14-28-21)12-20(27)25-19-9-10-23-26(19)13-15-5-2-1-3-6-15/h1-11,14H,12-13H2,(H,25,27). The van der Waals surface area contributed by atoms with Crippen LogP contribution in [0.1, 0.15) is 11.3 Å². The summed E-state index contributed by atoms with van der Waals surface area (Å²) in [7, 11) is 0. The summed E-state index contributed by atoms with van der Waals surface area (Å²) in [6.07, 6.45) is 1.91. The van der Waals surface area contributed by atoms with E-state index in [0.29, 0.717) is 12.4 Å². The zero-order chi connectivity index (χ0) is 19.3. The van der Waals surface area contributed by atoms with Gasteiger partial charge >= 0.3 is 0 Å². The molecule has 7 heteroatoms. The Labute approximate surface area is 175 Å². The summed E-state index contributed by atoms with van der Waals surface area (Å²) in [6.45, 7) is 0.604. The summed E-state index contributed by atoms with van der Waals surface area (Å²) >= 11 is 5.01. The zero-order valence-electron chi connectivity index (χ0n) is 14.9. The van der Waals surface area contributed by atoms with Gasteiger partial charge in [-0.1, -0.05) is 58.4 Å². The highest BCUT2D eigenvalue weighted by Crippen LogP contribution is 2.26. The van der Waals surface area contributed by atoms with Gasteiger partial charge in [0.05, 0.1) is 24.9 Å². The van der Waals surface area contributed by atoms with E-state index in [1.54, 1.807) is 16.9 Å². The van der Waals surface area contributed by atoms with E-state index in [9.17, 15) is 4.79 Å². The number of hydrogen-bond acceptors (Lipinski definition) is 4. The average Bonchev–Trinajstić information content (AvgIpc) is 3.32. The van der Waals surface area contributed by atoms with Gasteiger partial charge in [0.2, 0.25) is 5.91 Å². The summed E-state index contributed by atoms with van der Waals surface area (Å²) in [6, 6.07) is 19.8. The fraction of sp³-hybridized carbons (Fsp3) is 0.0952. The van der Waals surface area contributed by atoms with E-state index in [2.05, 4.69) is 31.3 Å². The molecule has 0 saturated heterocycles. The fourth-order valence-corrected chi connectivity index (χ4v) is 4.03. The molecule has 140 valence electrons. The van der Waals surface area contributed by atoms with Gasteiger partial charge in [-0.25, -0.2) is 9.67 Å². The third-order valence-electron chi connectivity index (χ3n) is 4.12. The molecule has 0 aliphatic rings. The summed E-state index contributed by atoms with van der Waals surface area (Å²) in [5.41, 5.74) is 2.92. The van der Waals surface area contributed by atoms with Crippen molar-refractivity contribution in [3.63, 3.8) is 0 Å². The lowest BCUT2D eigenvalue weighted by molar-refractivity contribution is -0.115. The third kappa shape index (κ3) is 4.55. The van der Waals surface area contributed by atoms with Crippen LogP contribution < -0.4 is 5.32 Å². The number of nitrogens with zero attached hydrogens (tertiary/aromatic N) is 3. The predicted molar refractivity (Wildman–Crippen MR) is 115 cm³/mol. The lowest BCUT2D eigenvalue weighted by atomic mass is 10.2. The molecule has 0 unspecified atom stereocenters. The number of halogens is 1. The van der Waals surface area contributed by atoms with E-state index in [1.807, 2.05) is 60.0 Å². The van der Waals surface area contributed by atoms with E-state index in [-0.39, 0.29) is 12.3 Å². The average molecular weight is 453 g/mol. The number of rotatable bonds is 6. The monoisotopic (exact) mass is 452 g/mol. The van der Waals surface area contributed by atoms with Crippen molar-refractivity contribution in [2.75, 3.05) is 5.32 Å². The van der Waals surface area contributed by atoms with Crippen LogP contribution >= 0.6 is 27.3 Å². The van der Waals surface area contributed by atoms with Crippen molar-refractivity contribution in [3.8, 4) is 10.6 Å². The molecule has 4 rings (SSSR count). The summed E-state index contributed by atoms with van der Waals surface area (Å²) in [5.74, 6) is 0.567.